The lowest BCUT2D eigenvalue weighted by Crippen LogP contribution is -2.46. The van der Waals surface area contributed by atoms with E-state index >= 15 is 0 Å². The Kier molecular flexibility index (Phi) is 2.92. The van der Waals surface area contributed by atoms with Crippen LogP contribution < -0.4 is 20.5 Å². The molecule has 3 rings (SSSR count). The zero-order valence-corrected chi connectivity index (χ0v) is 11.7. The Labute approximate surface area is 124 Å². The molecule has 8 heteroatoms. The first-order chi connectivity index (χ1) is 10.2. The number of anilines is 1. The number of nitriles is 1. The van der Waals surface area contributed by atoms with Crippen LogP contribution in [0.15, 0.2) is 12.1 Å². The second-order valence-electron chi connectivity index (χ2n) is 5.60. The number of nitrogens with two attached hydrogens (primary N) is 1. The smallest absolute Gasteiger partial charge is 0.398 e. The third-order valence-electron chi connectivity index (χ3n) is 3.82. The van der Waals surface area contributed by atoms with Gasteiger partial charge in [0.05, 0.1) is 11.6 Å². The zero-order valence-electron chi connectivity index (χ0n) is 11.7. The number of hydrogen-bond donors (Lipinski definition) is 2. The molecule has 1 atom stereocenters. The number of nitrogens with one attached hydrogen (secondary N) is 1. The summed E-state index contributed by atoms with van der Waals surface area (Å²) in [5.74, 6) is -1.03. The third-order valence-corrected chi connectivity index (χ3v) is 3.82. The number of rotatable bonds is 3. The predicted octanol–water partition coefficient (Wildman–Crippen LogP) is 2.01. The Bertz CT molecular complexity index is 697. The molecule has 0 bridgehead atoms. The molecule has 1 heterocycles. The van der Waals surface area contributed by atoms with E-state index in [2.05, 4.69) is 20.9 Å². The largest absolute Gasteiger partial charge is 0.586 e. The van der Waals surface area contributed by atoms with Crippen molar-refractivity contribution >= 4 is 11.6 Å². The summed E-state index contributed by atoms with van der Waals surface area (Å²) in [4.78, 5) is 12.3. The van der Waals surface area contributed by atoms with Gasteiger partial charge in [-0.05, 0) is 31.7 Å². The Morgan fingerprint density at radius 1 is 1.45 bits per heavy atom. The maximum absolute atomic E-state index is 13.0. The summed E-state index contributed by atoms with van der Waals surface area (Å²) in [5, 5.41) is 11.9. The molecule has 1 aliphatic heterocycles. The van der Waals surface area contributed by atoms with Crippen LogP contribution in [0, 0.1) is 17.2 Å². The van der Waals surface area contributed by atoms with E-state index in [1.54, 1.807) is 6.92 Å². The van der Waals surface area contributed by atoms with Crippen molar-refractivity contribution in [3.63, 3.8) is 0 Å². The molecule has 0 saturated heterocycles. The van der Waals surface area contributed by atoms with Crippen LogP contribution in [0.2, 0.25) is 0 Å². The number of halogens is 2. The van der Waals surface area contributed by atoms with Gasteiger partial charge in [-0.3, -0.25) is 4.79 Å². The maximum atomic E-state index is 13.0. The average molecular weight is 309 g/mol. The molecule has 1 unspecified atom stereocenters. The Morgan fingerprint density at radius 2 is 2.05 bits per heavy atom. The van der Waals surface area contributed by atoms with E-state index in [0.29, 0.717) is 0 Å². The Hall–Kier alpha value is -2.56. The minimum absolute atomic E-state index is 0.0337. The van der Waals surface area contributed by atoms with Crippen molar-refractivity contribution in [2.45, 2.75) is 31.6 Å². The Balaban J connectivity index is 1.87. The molecular weight excluding hydrogens is 296 g/mol. The van der Waals surface area contributed by atoms with Crippen LogP contribution in [0.4, 0.5) is 14.5 Å². The standard InChI is InChI=1S/C14H13F2N3O3/c1-13(6-17,7-2-3-7)19-12(20)8-4-10-11(5-9(8)18)22-14(15,16)21-10/h4-5,7H,2-3,18H2,1H3,(H,19,20). The van der Waals surface area contributed by atoms with E-state index in [-0.39, 0.29) is 28.7 Å². The molecule has 1 aromatic rings. The van der Waals surface area contributed by atoms with Crippen LogP contribution in [-0.2, 0) is 0 Å². The molecule has 1 saturated carbocycles. The summed E-state index contributed by atoms with van der Waals surface area (Å²) >= 11 is 0. The van der Waals surface area contributed by atoms with E-state index in [9.17, 15) is 18.8 Å². The minimum atomic E-state index is -3.78. The van der Waals surface area contributed by atoms with Crippen LogP contribution in [0.5, 0.6) is 11.5 Å². The quantitative estimate of drug-likeness (QED) is 0.832. The van der Waals surface area contributed by atoms with Crippen molar-refractivity contribution < 1.29 is 23.0 Å². The SMILES string of the molecule is CC(C#N)(NC(=O)c1cc2c(cc1N)OC(F)(F)O2)C1CC1. The predicted molar refractivity (Wildman–Crippen MR) is 71.3 cm³/mol. The number of ether oxygens (including phenoxy) is 2. The summed E-state index contributed by atoms with van der Waals surface area (Å²) < 4.78 is 34.6. The number of alkyl halides is 2. The summed E-state index contributed by atoms with van der Waals surface area (Å²) in [7, 11) is 0. The first-order valence-electron chi connectivity index (χ1n) is 6.67. The molecule has 1 aliphatic carbocycles. The lowest BCUT2D eigenvalue weighted by Gasteiger charge is -2.23. The highest BCUT2D eigenvalue weighted by atomic mass is 19.3. The van der Waals surface area contributed by atoms with Crippen LogP contribution in [0.25, 0.3) is 0 Å². The molecule has 3 N–H and O–H groups in total. The van der Waals surface area contributed by atoms with Crippen LogP contribution in [-0.4, -0.2) is 17.7 Å². The van der Waals surface area contributed by atoms with E-state index in [0.717, 1.165) is 25.0 Å². The van der Waals surface area contributed by atoms with E-state index in [1.807, 2.05) is 0 Å². The van der Waals surface area contributed by atoms with Gasteiger partial charge >= 0.3 is 6.29 Å². The summed E-state index contributed by atoms with van der Waals surface area (Å²) in [5.41, 5.74) is 4.63. The number of carbonyl (C=O) groups is 1. The molecule has 22 heavy (non-hydrogen) atoms. The van der Waals surface area contributed by atoms with Gasteiger partial charge in [0.1, 0.15) is 5.54 Å². The number of hydrogen-bond acceptors (Lipinski definition) is 5. The van der Waals surface area contributed by atoms with Gasteiger partial charge in [-0.25, -0.2) is 0 Å². The van der Waals surface area contributed by atoms with Crippen LogP contribution in [0.1, 0.15) is 30.1 Å². The van der Waals surface area contributed by atoms with Gasteiger partial charge in [0.15, 0.2) is 11.5 Å². The third kappa shape index (κ3) is 2.39. The molecule has 0 spiro atoms. The van der Waals surface area contributed by atoms with Crippen molar-refractivity contribution in [1.82, 2.24) is 5.32 Å². The fourth-order valence-electron chi connectivity index (χ4n) is 2.39. The van der Waals surface area contributed by atoms with Crippen molar-refractivity contribution in [1.29, 1.82) is 5.26 Å². The van der Waals surface area contributed by atoms with Gasteiger partial charge in [0, 0.05) is 11.8 Å². The minimum Gasteiger partial charge on any atom is -0.398 e. The number of amides is 1. The molecule has 0 radical (unpaired) electrons. The molecule has 6 nitrogen and oxygen atoms in total. The zero-order chi connectivity index (χ0) is 16.1. The average Bonchev–Trinajstić information content (AvgIpc) is 3.21. The summed E-state index contributed by atoms with van der Waals surface area (Å²) in [6, 6.07) is 4.27. The Morgan fingerprint density at radius 3 is 2.59 bits per heavy atom. The lowest BCUT2D eigenvalue weighted by atomic mass is 9.97. The topological polar surface area (TPSA) is 97.4 Å². The highest BCUT2D eigenvalue weighted by Gasteiger charge is 2.45. The van der Waals surface area contributed by atoms with Gasteiger partial charge in [-0.15, -0.1) is 8.78 Å². The summed E-state index contributed by atoms with van der Waals surface area (Å²) in [6.07, 6.45) is -2.07. The molecule has 116 valence electrons. The molecule has 1 fully saturated rings. The summed E-state index contributed by atoms with van der Waals surface area (Å²) in [6.45, 7) is 1.62. The number of nitrogens with zero attached hydrogens (tertiary/aromatic N) is 1. The van der Waals surface area contributed by atoms with Crippen molar-refractivity contribution in [2.75, 3.05) is 5.73 Å². The number of benzene rings is 1. The molecule has 2 aliphatic rings. The van der Waals surface area contributed by atoms with Crippen LogP contribution >= 0.6 is 0 Å². The van der Waals surface area contributed by atoms with Crippen molar-refractivity contribution in [3.05, 3.63) is 17.7 Å². The van der Waals surface area contributed by atoms with Gasteiger partial charge in [0.2, 0.25) is 0 Å². The monoisotopic (exact) mass is 309 g/mol. The lowest BCUT2D eigenvalue weighted by molar-refractivity contribution is -0.286. The van der Waals surface area contributed by atoms with E-state index in [1.165, 1.54) is 0 Å². The van der Waals surface area contributed by atoms with E-state index in [4.69, 9.17) is 5.73 Å². The van der Waals surface area contributed by atoms with Gasteiger partial charge in [-0.2, -0.15) is 5.26 Å². The van der Waals surface area contributed by atoms with Gasteiger partial charge in [-0.1, -0.05) is 0 Å². The fraction of sp³-hybridized carbons (Fsp3) is 0.429. The van der Waals surface area contributed by atoms with Gasteiger partial charge < -0.3 is 20.5 Å². The van der Waals surface area contributed by atoms with Crippen molar-refractivity contribution in [2.24, 2.45) is 5.92 Å². The number of carbonyl (C=O) groups excluding carboxylic acids is 1. The number of fused-ring (bicyclic) bond motifs is 1. The highest BCUT2D eigenvalue weighted by molar-refractivity contribution is 6.00. The fourth-order valence-corrected chi connectivity index (χ4v) is 2.39. The number of nitrogen functional groups attached to an aromatic ring is 1. The van der Waals surface area contributed by atoms with Crippen LogP contribution in [0.3, 0.4) is 0 Å². The normalized spacial score (nSPS) is 20.8. The van der Waals surface area contributed by atoms with Gasteiger partial charge in [0.25, 0.3) is 5.91 Å². The highest BCUT2D eigenvalue weighted by Crippen LogP contribution is 2.44. The molecule has 0 aromatic heterocycles. The molecule has 1 amide bonds. The second-order valence-corrected chi connectivity index (χ2v) is 5.60. The second kappa shape index (κ2) is 4.47. The maximum Gasteiger partial charge on any atom is 0.586 e. The van der Waals surface area contributed by atoms with Crippen molar-refractivity contribution in [3.8, 4) is 17.6 Å². The molecule has 1 aromatic carbocycles. The molecular formula is C14H13F2N3O3. The van der Waals surface area contributed by atoms with E-state index < -0.39 is 17.7 Å². The first-order valence-corrected chi connectivity index (χ1v) is 6.67. The first kappa shape index (κ1) is 14.4.